The molecule has 1 N–H and O–H groups in total. The Labute approximate surface area is 121 Å². The molecular weight excluding hydrogens is 331 g/mol. The molecule has 6 heteroatoms. The summed E-state index contributed by atoms with van der Waals surface area (Å²) in [5.74, 6) is -0.828. The maximum Gasteiger partial charge on any atom is 0.265 e. The first kappa shape index (κ1) is 13.7. The van der Waals surface area contributed by atoms with Crippen LogP contribution in [0.1, 0.15) is 20.8 Å². The standard InChI is InChI=1S/C13H8BrFN2OS/c1-7-4-11(19-12(7)14)13(18)17-10-3-2-9(15)5-8(10)6-16/h2-5H,1H3,(H,17,18). The van der Waals surface area contributed by atoms with Gasteiger partial charge < -0.3 is 5.32 Å². The zero-order valence-electron chi connectivity index (χ0n) is 9.83. The molecule has 0 saturated heterocycles. The van der Waals surface area contributed by atoms with Crippen LogP contribution in [0.15, 0.2) is 28.1 Å². The van der Waals surface area contributed by atoms with Crippen molar-refractivity contribution in [3.63, 3.8) is 0 Å². The molecule has 96 valence electrons. The van der Waals surface area contributed by atoms with Gasteiger partial charge in [-0.05, 0) is 52.7 Å². The van der Waals surface area contributed by atoms with E-state index in [1.165, 1.54) is 23.5 Å². The number of rotatable bonds is 2. The molecule has 1 aromatic heterocycles. The van der Waals surface area contributed by atoms with Gasteiger partial charge in [0.05, 0.1) is 19.9 Å². The van der Waals surface area contributed by atoms with Gasteiger partial charge in [0.1, 0.15) is 11.9 Å². The number of nitrogens with one attached hydrogen (secondary N) is 1. The van der Waals surface area contributed by atoms with Gasteiger partial charge in [-0.1, -0.05) is 0 Å². The normalized spacial score (nSPS) is 10.0. The van der Waals surface area contributed by atoms with E-state index in [0.29, 0.717) is 10.6 Å². The van der Waals surface area contributed by atoms with Crippen LogP contribution in [-0.2, 0) is 0 Å². The number of hydrogen-bond donors (Lipinski definition) is 1. The van der Waals surface area contributed by atoms with E-state index in [1.807, 2.05) is 13.0 Å². The van der Waals surface area contributed by atoms with Crippen LogP contribution >= 0.6 is 27.3 Å². The fourth-order valence-corrected chi connectivity index (χ4v) is 2.90. The Morgan fingerprint density at radius 2 is 2.21 bits per heavy atom. The molecule has 1 aromatic carbocycles. The highest BCUT2D eigenvalue weighted by molar-refractivity contribution is 9.11. The maximum absolute atomic E-state index is 13.0. The van der Waals surface area contributed by atoms with Gasteiger partial charge in [-0.2, -0.15) is 5.26 Å². The Bertz CT molecular complexity index is 671. The highest BCUT2D eigenvalue weighted by Crippen LogP contribution is 2.28. The minimum absolute atomic E-state index is 0.0979. The number of nitriles is 1. The lowest BCUT2D eigenvalue weighted by molar-refractivity contribution is 0.103. The van der Waals surface area contributed by atoms with Crippen LogP contribution in [-0.4, -0.2) is 5.91 Å². The second-order valence-corrected chi connectivity index (χ2v) is 6.19. The van der Waals surface area contributed by atoms with Gasteiger partial charge in [0, 0.05) is 0 Å². The average Bonchev–Trinajstić information content (AvgIpc) is 2.72. The molecule has 19 heavy (non-hydrogen) atoms. The predicted molar refractivity (Wildman–Crippen MR) is 75.8 cm³/mol. The van der Waals surface area contributed by atoms with Gasteiger partial charge in [-0.25, -0.2) is 4.39 Å². The molecule has 0 radical (unpaired) electrons. The van der Waals surface area contributed by atoms with Crippen LogP contribution in [0.2, 0.25) is 0 Å². The van der Waals surface area contributed by atoms with Crippen molar-refractivity contribution < 1.29 is 9.18 Å². The summed E-state index contributed by atoms with van der Waals surface area (Å²) >= 11 is 4.65. The van der Waals surface area contributed by atoms with Gasteiger partial charge in [-0.3, -0.25) is 4.79 Å². The number of carbonyl (C=O) groups excluding carboxylic acids is 1. The molecule has 0 saturated carbocycles. The van der Waals surface area contributed by atoms with Crippen LogP contribution < -0.4 is 5.32 Å². The van der Waals surface area contributed by atoms with Crippen molar-refractivity contribution in [3.8, 4) is 6.07 Å². The van der Waals surface area contributed by atoms with Crippen LogP contribution in [0.4, 0.5) is 10.1 Å². The van der Waals surface area contributed by atoms with Crippen molar-refractivity contribution >= 4 is 38.9 Å². The lowest BCUT2D eigenvalue weighted by Crippen LogP contribution is -2.11. The Morgan fingerprint density at radius 3 is 2.79 bits per heavy atom. The summed E-state index contributed by atoms with van der Waals surface area (Å²) in [4.78, 5) is 12.5. The van der Waals surface area contributed by atoms with Gasteiger partial charge in [0.25, 0.3) is 5.91 Å². The summed E-state index contributed by atoms with van der Waals surface area (Å²) < 4.78 is 13.9. The number of nitrogens with zero attached hydrogens (tertiary/aromatic N) is 1. The smallest absolute Gasteiger partial charge is 0.265 e. The third-order valence-electron chi connectivity index (χ3n) is 2.43. The molecule has 2 rings (SSSR count). The highest BCUT2D eigenvalue weighted by atomic mass is 79.9. The molecule has 0 bridgehead atoms. The van der Waals surface area contributed by atoms with Gasteiger partial charge in [0.15, 0.2) is 0 Å². The highest BCUT2D eigenvalue weighted by Gasteiger charge is 2.13. The fraction of sp³-hybridized carbons (Fsp3) is 0.0769. The molecule has 0 fully saturated rings. The minimum atomic E-state index is -0.510. The summed E-state index contributed by atoms with van der Waals surface area (Å²) in [5, 5.41) is 11.5. The molecule has 0 aliphatic heterocycles. The predicted octanol–water partition coefficient (Wildman–Crippen LogP) is 4.08. The third kappa shape index (κ3) is 3.00. The Kier molecular flexibility index (Phi) is 3.98. The van der Waals surface area contributed by atoms with E-state index in [2.05, 4.69) is 21.2 Å². The van der Waals surface area contributed by atoms with Crippen molar-refractivity contribution in [2.45, 2.75) is 6.92 Å². The minimum Gasteiger partial charge on any atom is -0.320 e. The van der Waals surface area contributed by atoms with Gasteiger partial charge in [0.2, 0.25) is 0 Å². The molecule has 0 unspecified atom stereocenters. The van der Waals surface area contributed by atoms with Crippen LogP contribution in [0.25, 0.3) is 0 Å². The van der Waals surface area contributed by atoms with Crippen molar-refractivity contribution in [2.24, 2.45) is 0 Å². The largest absolute Gasteiger partial charge is 0.320 e. The Balaban J connectivity index is 2.27. The number of anilines is 1. The summed E-state index contributed by atoms with van der Waals surface area (Å²) in [6.45, 7) is 1.88. The lowest BCUT2D eigenvalue weighted by Gasteiger charge is -2.05. The quantitative estimate of drug-likeness (QED) is 0.896. The van der Waals surface area contributed by atoms with Crippen LogP contribution in [0.5, 0.6) is 0 Å². The number of halogens is 2. The van der Waals surface area contributed by atoms with Crippen LogP contribution in [0, 0.1) is 24.1 Å². The lowest BCUT2D eigenvalue weighted by atomic mass is 10.2. The molecule has 3 nitrogen and oxygen atoms in total. The summed E-state index contributed by atoms with van der Waals surface area (Å²) in [6, 6.07) is 7.26. The first-order chi connectivity index (χ1) is 9.01. The Morgan fingerprint density at radius 1 is 1.47 bits per heavy atom. The number of hydrogen-bond acceptors (Lipinski definition) is 3. The first-order valence-corrected chi connectivity index (χ1v) is 6.89. The molecule has 0 spiro atoms. The zero-order chi connectivity index (χ0) is 14.0. The van der Waals surface area contributed by atoms with E-state index < -0.39 is 5.82 Å². The summed E-state index contributed by atoms with van der Waals surface area (Å²) in [5.41, 5.74) is 1.37. The summed E-state index contributed by atoms with van der Waals surface area (Å²) in [7, 11) is 0. The van der Waals surface area contributed by atoms with Crippen molar-refractivity contribution in [3.05, 3.63) is 49.9 Å². The molecule has 1 amide bonds. The average molecular weight is 339 g/mol. The van der Waals surface area contributed by atoms with Gasteiger partial charge >= 0.3 is 0 Å². The Hall–Kier alpha value is -1.71. The fourth-order valence-electron chi connectivity index (χ4n) is 1.47. The number of benzene rings is 1. The van der Waals surface area contributed by atoms with E-state index in [4.69, 9.17) is 5.26 Å². The molecule has 0 atom stereocenters. The molecule has 0 aliphatic carbocycles. The topological polar surface area (TPSA) is 52.9 Å². The van der Waals surface area contributed by atoms with Crippen molar-refractivity contribution in [1.29, 1.82) is 5.26 Å². The molecular formula is C13H8BrFN2OS. The van der Waals surface area contributed by atoms with E-state index in [1.54, 1.807) is 6.07 Å². The number of aryl methyl sites for hydroxylation is 1. The first-order valence-electron chi connectivity index (χ1n) is 5.28. The summed E-state index contributed by atoms with van der Waals surface area (Å²) in [6.07, 6.45) is 0. The van der Waals surface area contributed by atoms with E-state index >= 15 is 0 Å². The van der Waals surface area contributed by atoms with Crippen molar-refractivity contribution in [1.82, 2.24) is 0 Å². The molecule has 2 aromatic rings. The number of amides is 1. The molecule has 0 aliphatic rings. The number of thiophene rings is 1. The number of carbonyl (C=O) groups is 1. The maximum atomic E-state index is 13.0. The second kappa shape index (κ2) is 5.51. The van der Waals surface area contributed by atoms with E-state index in [0.717, 1.165) is 15.4 Å². The molecule has 1 heterocycles. The third-order valence-corrected chi connectivity index (χ3v) is 4.57. The monoisotopic (exact) mass is 338 g/mol. The van der Waals surface area contributed by atoms with E-state index in [-0.39, 0.29) is 11.5 Å². The zero-order valence-corrected chi connectivity index (χ0v) is 12.2. The SMILES string of the molecule is Cc1cc(C(=O)Nc2ccc(F)cc2C#N)sc1Br. The van der Waals surface area contributed by atoms with E-state index in [9.17, 15) is 9.18 Å². The van der Waals surface area contributed by atoms with Crippen molar-refractivity contribution in [2.75, 3.05) is 5.32 Å². The van der Waals surface area contributed by atoms with Crippen LogP contribution in [0.3, 0.4) is 0 Å². The second-order valence-electron chi connectivity index (χ2n) is 3.82. The van der Waals surface area contributed by atoms with Gasteiger partial charge in [-0.15, -0.1) is 11.3 Å².